The minimum Gasteiger partial charge on any atom is -1.00 e. The summed E-state index contributed by atoms with van der Waals surface area (Å²) in [6, 6.07) is 0.315. The molecule has 0 saturated carbocycles. The van der Waals surface area contributed by atoms with Gasteiger partial charge in [0.25, 0.3) is 0 Å². The number of hydrogen-bond acceptors (Lipinski definition) is 0. The molecular formula is C6H3B3F16Li-3. The molecule has 0 N–H and O–H groups in total. The van der Waals surface area contributed by atoms with Crippen molar-refractivity contribution in [3.8, 4) is 0 Å². The van der Waals surface area contributed by atoms with E-state index in [-0.39, 0.29) is 32.4 Å². The van der Waals surface area contributed by atoms with Gasteiger partial charge in [-0.3, -0.25) is 0 Å². The van der Waals surface area contributed by atoms with E-state index in [9.17, 15) is 69.3 Å². The van der Waals surface area contributed by atoms with Crippen molar-refractivity contribution in [3.63, 3.8) is 0 Å². The van der Waals surface area contributed by atoms with Crippen LogP contribution in [0.15, 0.2) is 12.1 Å². The largest absolute Gasteiger partial charge is 1.00 e. The second kappa shape index (κ2) is 13.1. The van der Waals surface area contributed by atoms with E-state index in [1.165, 1.54) is 0 Å². The Morgan fingerprint density at radius 2 is 0.500 bits per heavy atom. The molecule has 0 saturated heterocycles. The fourth-order valence-corrected chi connectivity index (χ4v) is 0.498. The molecule has 1 aromatic carbocycles. The molecule has 0 nitrogen and oxygen atoms in total. The Kier molecular flexibility index (Phi) is 16.4. The van der Waals surface area contributed by atoms with Gasteiger partial charge in [0.2, 0.25) is 0 Å². The number of halogens is 16. The van der Waals surface area contributed by atoms with Crippen molar-refractivity contribution >= 4 is 21.8 Å². The maximum Gasteiger partial charge on any atom is 1.00 e. The Bertz CT molecular complexity index is 404. The Morgan fingerprint density at radius 1 is 0.423 bits per heavy atom. The van der Waals surface area contributed by atoms with E-state index in [4.69, 9.17) is 0 Å². The molecule has 0 bridgehead atoms. The van der Waals surface area contributed by atoms with Gasteiger partial charge in [0.15, 0.2) is 23.3 Å². The minimum atomic E-state index is -6.00. The number of hydrogen-bond donors (Lipinski definition) is 0. The molecule has 0 heterocycles. The second-order valence-corrected chi connectivity index (χ2v) is 3.17. The van der Waals surface area contributed by atoms with Crippen molar-refractivity contribution in [2.45, 2.75) is 0 Å². The zero-order valence-electron chi connectivity index (χ0n) is 12.9. The normalized spacial score (nSPS) is 10.8. The van der Waals surface area contributed by atoms with Gasteiger partial charge in [0.1, 0.15) is 0 Å². The predicted octanol–water partition coefficient (Wildman–Crippen LogP) is 3.26. The molecule has 1 aromatic rings. The van der Waals surface area contributed by atoms with Crippen LogP contribution >= 0.6 is 0 Å². The Hall–Kier alpha value is -1.11. The zero-order valence-corrected chi connectivity index (χ0v) is 11.9. The Balaban J connectivity index is -0.0000000831. The maximum atomic E-state index is 12.0. The van der Waals surface area contributed by atoms with Crippen molar-refractivity contribution in [2.75, 3.05) is 0 Å². The third-order valence-electron chi connectivity index (χ3n) is 0.963. The molecule has 0 radical (unpaired) electrons. The molecule has 0 aliphatic carbocycles. The molecule has 0 aliphatic rings. The van der Waals surface area contributed by atoms with E-state index in [0.29, 0.717) is 0 Å². The van der Waals surface area contributed by atoms with Crippen LogP contribution in [0.4, 0.5) is 69.3 Å². The van der Waals surface area contributed by atoms with Gasteiger partial charge in [-0.05, 0) is 0 Å². The molecule has 20 heteroatoms. The molecule has 152 valence electrons. The van der Waals surface area contributed by atoms with Gasteiger partial charge in [-0.15, -0.1) is 0 Å². The van der Waals surface area contributed by atoms with Gasteiger partial charge in [-0.2, -0.15) is 0 Å². The van der Waals surface area contributed by atoms with Crippen molar-refractivity contribution < 1.29 is 89.6 Å². The second-order valence-electron chi connectivity index (χ2n) is 3.17. The van der Waals surface area contributed by atoms with E-state index in [0.717, 1.165) is 0 Å². The van der Waals surface area contributed by atoms with E-state index in [1.54, 1.807) is 0 Å². The quantitative estimate of drug-likeness (QED) is 0.345. The summed E-state index contributed by atoms with van der Waals surface area (Å²) in [6.07, 6.45) is 0. The molecular weight excluding hydrogens is 415 g/mol. The van der Waals surface area contributed by atoms with Crippen molar-refractivity contribution in [1.82, 2.24) is 0 Å². The molecule has 26 heavy (non-hydrogen) atoms. The smallest absolute Gasteiger partial charge is 1.00 e. The van der Waals surface area contributed by atoms with Crippen LogP contribution in [0.5, 0.6) is 0 Å². The van der Waals surface area contributed by atoms with E-state index >= 15 is 0 Å². The molecule has 0 amide bonds. The van der Waals surface area contributed by atoms with Crippen LogP contribution in [-0.4, -0.2) is 21.8 Å². The van der Waals surface area contributed by atoms with Crippen LogP contribution in [-0.2, 0) is 0 Å². The summed E-state index contributed by atoms with van der Waals surface area (Å²) >= 11 is 0. The Morgan fingerprint density at radius 3 is 0.577 bits per heavy atom. The summed E-state index contributed by atoms with van der Waals surface area (Å²) < 4.78 is 165. The number of benzene rings is 1. The van der Waals surface area contributed by atoms with Crippen LogP contribution < -0.4 is 18.9 Å². The van der Waals surface area contributed by atoms with Crippen LogP contribution in [0.1, 0.15) is 1.43 Å². The first kappa shape index (κ1) is 32.6. The fourth-order valence-electron chi connectivity index (χ4n) is 0.498. The zero-order chi connectivity index (χ0) is 21.2. The Labute approximate surface area is 147 Å². The first-order valence-electron chi connectivity index (χ1n) is 5.03. The first-order valence-corrected chi connectivity index (χ1v) is 5.03. The van der Waals surface area contributed by atoms with Crippen LogP contribution in [0.2, 0.25) is 0 Å². The molecule has 0 fully saturated rings. The van der Waals surface area contributed by atoms with Crippen molar-refractivity contribution in [2.24, 2.45) is 0 Å². The summed E-state index contributed by atoms with van der Waals surface area (Å²) in [6.45, 7) is 0. The molecule has 0 aliphatic heterocycles. The van der Waals surface area contributed by atoms with Gasteiger partial charge >= 0.3 is 40.6 Å². The van der Waals surface area contributed by atoms with Gasteiger partial charge in [-0.25, -0.2) is 17.6 Å². The molecule has 0 unspecified atom stereocenters. The van der Waals surface area contributed by atoms with Crippen LogP contribution in [0.3, 0.4) is 0 Å². The van der Waals surface area contributed by atoms with Gasteiger partial charge in [0.05, 0.1) is 0 Å². The van der Waals surface area contributed by atoms with Crippen LogP contribution in [0.25, 0.3) is 0 Å². The summed E-state index contributed by atoms with van der Waals surface area (Å²) in [7, 11) is -18.0. The van der Waals surface area contributed by atoms with E-state index < -0.39 is 45.0 Å². The van der Waals surface area contributed by atoms with E-state index in [1.807, 2.05) is 0 Å². The third kappa shape index (κ3) is 49.5. The third-order valence-corrected chi connectivity index (χ3v) is 0.963. The fraction of sp³-hybridized carbons (Fsp3) is 0. The van der Waals surface area contributed by atoms with Crippen molar-refractivity contribution in [3.05, 3.63) is 35.4 Å². The topological polar surface area (TPSA) is 0 Å². The van der Waals surface area contributed by atoms with Gasteiger partial charge in [0, 0.05) is 12.1 Å². The SMILES string of the molecule is F[B-](F)(F)F.F[B-](F)(F)F.F[B-](F)(F)F.Fc1cc(F)c(F)cc1F.[H-].[Li+]. The first-order chi connectivity index (χ1) is 10.6. The predicted molar refractivity (Wildman–Crippen MR) is 57.9 cm³/mol. The average molecular weight is 418 g/mol. The summed E-state index contributed by atoms with van der Waals surface area (Å²) in [5, 5.41) is 0. The van der Waals surface area contributed by atoms with Crippen molar-refractivity contribution in [1.29, 1.82) is 0 Å². The molecule has 1 rings (SSSR count). The average Bonchev–Trinajstić information content (AvgIpc) is 2.19. The number of rotatable bonds is 0. The van der Waals surface area contributed by atoms with Crippen LogP contribution in [0, 0.1) is 23.3 Å². The maximum absolute atomic E-state index is 12.0. The monoisotopic (exact) mass is 419 g/mol. The standard InChI is InChI=1S/C6H2F4.3BF4.Li.H/c7-3-1-4(8)6(10)2-5(3)9;3*2-1(3,4)5;;/h1-2H;;;;;/q;3*-1;+1;-1. The molecule has 0 atom stereocenters. The summed E-state index contributed by atoms with van der Waals surface area (Å²) in [5.41, 5.74) is 0. The minimum absolute atomic E-state index is 0. The summed E-state index contributed by atoms with van der Waals surface area (Å²) in [4.78, 5) is 0. The van der Waals surface area contributed by atoms with Gasteiger partial charge in [-0.1, -0.05) is 0 Å². The molecule has 0 aromatic heterocycles. The van der Waals surface area contributed by atoms with Gasteiger partial charge < -0.3 is 53.2 Å². The summed E-state index contributed by atoms with van der Waals surface area (Å²) in [5.74, 6) is -5.56. The van der Waals surface area contributed by atoms with E-state index in [2.05, 4.69) is 0 Å². The molecule has 0 spiro atoms.